The molecule has 0 fully saturated rings. The second-order valence-electron chi connectivity index (χ2n) is 8.26. The number of fused-ring (bicyclic) bond motifs is 1. The molecule has 4 rings (SSSR count). The average Bonchev–Trinajstić information content (AvgIpc) is 2.98. The second kappa shape index (κ2) is 9.68. The van der Waals surface area contributed by atoms with Crippen LogP contribution in [0, 0.1) is 13.8 Å². The zero-order valence-electron chi connectivity index (χ0n) is 18.6. The van der Waals surface area contributed by atoms with Crippen LogP contribution in [0.25, 0.3) is 5.69 Å². The smallest absolute Gasteiger partial charge is 0.290 e. The van der Waals surface area contributed by atoms with Gasteiger partial charge in [0.05, 0.1) is 12.2 Å². The van der Waals surface area contributed by atoms with Gasteiger partial charge in [-0.1, -0.05) is 42.3 Å². The molecular weight excluding hydrogens is 402 g/mol. The third kappa shape index (κ3) is 4.82. The Balaban J connectivity index is 1.44. The highest BCUT2D eigenvalue weighted by molar-refractivity contribution is 5.95. The predicted molar refractivity (Wildman–Crippen MR) is 125 cm³/mol. The van der Waals surface area contributed by atoms with Gasteiger partial charge >= 0.3 is 0 Å². The fourth-order valence-electron chi connectivity index (χ4n) is 4.16. The van der Waals surface area contributed by atoms with Crippen LogP contribution >= 0.6 is 0 Å². The quantitative estimate of drug-likeness (QED) is 0.425. The molecule has 3 N–H and O–H groups in total. The van der Waals surface area contributed by atoms with Crippen LogP contribution < -0.4 is 16.2 Å². The number of hydrazine groups is 1. The van der Waals surface area contributed by atoms with E-state index in [1.54, 1.807) is 0 Å². The van der Waals surface area contributed by atoms with Gasteiger partial charge in [-0.15, -0.1) is 0 Å². The molecule has 3 aromatic rings. The van der Waals surface area contributed by atoms with Crippen LogP contribution in [0.15, 0.2) is 48.5 Å². The largest absolute Gasteiger partial charge is 0.376 e. The third-order valence-corrected chi connectivity index (χ3v) is 5.78. The van der Waals surface area contributed by atoms with Gasteiger partial charge < -0.3 is 5.32 Å². The molecule has 1 aliphatic carbocycles. The van der Waals surface area contributed by atoms with Crippen molar-refractivity contribution < 1.29 is 9.59 Å². The van der Waals surface area contributed by atoms with Crippen molar-refractivity contribution in [1.82, 2.24) is 20.6 Å². The summed E-state index contributed by atoms with van der Waals surface area (Å²) in [6, 6.07) is 15.8. The Morgan fingerprint density at radius 3 is 2.53 bits per heavy atom. The van der Waals surface area contributed by atoms with Crippen molar-refractivity contribution >= 4 is 17.5 Å². The lowest BCUT2D eigenvalue weighted by molar-refractivity contribution is -0.120. The number of nitrogens with one attached hydrogen (secondary N) is 3. The standard InChI is InChI=1S/C25H29N5O2/c1-17-13-14-21(18(2)15-17)26-16-23(31)27-28-25(32)24-20-11-7-4-8-12-22(20)30(29-24)19-9-5-3-6-10-19/h3,5-6,9-10,13-15,26H,4,7-8,11-12,16H2,1-2H3,(H,27,31)(H,28,32). The number of aromatic nitrogens is 2. The maximum atomic E-state index is 12.9. The number of para-hydroxylation sites is 1. The zero-order valence-corrected chi connectivity index (χ0v) is 18.6. The zero-order chi connectivity index (χ0) is 22.5. The summed E-state index contributed by atoms with van der Waals surface area (Å²) in [6.07, 6.45) is 4.93. The minimum Gasteiger partial charge on any atom is -0.376 e. The first kappa shape index (κ1) is 21.6. The lowest BCUT2D eigenvalue weighted by Gasteiger charge is -2.11. The molecule has 0 atom stereocenters. The number of carbonyl (C=O) groups excluding carboxylic acids is 2. The van der Waals surface area contributed by atoms with Crippen molar-refractivity contribution in [2.75, 3.05) is 11.9 Å². The number of amides is 2. The van der Waals surface area contributed by atoms with Crippen molar-refractivity contribution in [2.24, 2.45) is 0 Å². The molecule has 2 amide bonds. The number of nitrogens with zero attached hydrogens (tertiary/aromatic N) is 2. The van der Waals surface area contributed by atoms with E-state index in [-0.39, 0.29) is 12.5 Å². The molecule has 32 heavy (non-hydrogen) atoms. The minimum absolute atomic E-state index is 0.0563. The van der Waals surface area contributed by atoms with Gasteiger partial charge in [0, 0.05) is 16.9 Å². The predicted octanol–water partition coefficient (Wildman–Crippen LogP) is 3.63. The molecule has 1 aromatic heterocycles. The number of aryl methyl sites for hydroxylation is 2. The van der Waals surface area contributed by atoms with Crippen molar-refractivity contribution in [3.8, 4) is 5.69 Å². The van der Waals surface area contributed by atoms with Crippen LogP contribution in [-0.2, 0) is 17.6 Å². The van der Waals surface area contributed by atoms with Gasteiger partial charge in [-0.2, -0.15) is 5.10 Å². The van der Waals surface area contributed by atoms with Crippen molar-refractivity contribution in [3.05, 3.63) is 76.6 Å². The van der Waals surface area contributed by atoms with E-state index in [0.29, 0.717) is 5.69 Å². The molecule has 7 heteroatoms. The van der Waals surface area contributed by atoms with Crippen LogP contribution in [0.5, 0.6) is 0 Å². The van der Waals surface area contributed by atoms with Gasteiger partial charge in [0.25, 0.3) is 11.8 Å². The van der Waals surface area contributed by atoms with E-state index in [9.17, 15) is 9.59 Å². The fraction of sp³-hybridized carbons (Fsp3) is 0.320. The van der Waals surface area contributed by atoms with Crippen LogP contribution in [-0.4, -0.2) is 28.1 Å². The fourth-order valence-corrected chi connectivity index (χ4v) is 4.16. The van der Waals surface area contributed by atoms with E-state index in [4.69, 9.17) is 0 Å². The van der Waals surface area contributed by atoms with Gasteiger partial charge in [0.2, 0.25) is 0 Å². The number of rotatable bonds is 5. The highest BCUT2D eigenvalue weighted by Gasteiger charge is 2.25. The van der Waals surface area contributed by atoms with E-state index in [0.717, 1.165) is 60.3 Å². The van der Waals surface area contributed by atoms with E-state index in [1.165, 1.54) is 5.56 Å². The number of carbonyl (C=O) groups is 2. The summed E-state index contributed by atoms with van der Waals surface area (Å²) >= 11 is 0. The molecule has 0 saturated heterocycles. The molecule has 0 saturated carbocycles. The number of anilines is 1. The molecule has 166 valence electrons. The molecule has 7 nitrogen and oxygen atoms in total. The Hall–Kier alpha value is -3.61. The van der Waals surface area contributed by atoms with E-state index < -0.39 is 5.91 Å². The van der Waals surface area contributed by atoms with Gasteiger partial charge in [0.1, 0.15) is 0 Å². The maximum Gasteiger partial charge on any atom is 0.290 e. The summed E-state index contributed by atoms with van der Waals surface area (Å²) in [4.78, 5) is 25.2. The summed E-state index contributed by atoms with van der Waals surface area (Å²) in [5.41, 5.74) is 11.5. The summed E-state index contributed by atoms with van der Waals surface area (Å²) in [6.45, 7) is 4.07. The monoisotopic (exact) mass is 431 g/mol. The molecule has 1 aliphatic rings. The number of benzene rings is 2. The normalized spacial score (nSPS) is 13.1. The van der Waals surface area contributed by atoms with E-state index >= 15 is 0 Å². The highest BCUT2D eigenvalue weighted by atomic mass is 16.2. The van der Waals surface area contributed by atoms with Crippen molar-refractivity contribution in [3.63, 3.8) is 0 Å². The SMILES string of the molecule is Cc1ccc(NCC(=O)NNC(=O)c2nn(-c3ccccc3)c3c2CCCCC3)c(C)c1. The lowest BCUT2D eigenvalue weighted by Crippen LogP contribution is -2.44. The lowest BCUT2D eigenvalue weighted by atomic mass is 10.1. The topological polar surface area (TPSA) is 88.1 Å². The minimum atomic E-state index is -0.391. The maximum absolute atomic E-state index is 12.9. The first-order chi connectivity index (χ1) is 15.5. The van der Waals surface area contributed by atoms with E-state index in [2.05, 4.69) is 27.3 Å². The van der Waals surface area contributed by atoms with Crippen LogP contribution in [0.2, 0.25) is 0 Å². The Bertz CT molecular complexity index is 1120. The first-order valence-electron chi connectivity index (χ1n) is 11.1. The number of hydrogen-bond acceptors (Lipinski definition) is 4. The molecular formula is C25H29N5O2. The van der Waals surface area contributed by atoms with Gasteiger partial charge in [-0.25, -0.2) is 4.68 Å². The Morgan fingerprint density at radius 1 is 0.969 bits per heavy atom. The summed E-state index contributed by atoms with van der Waals surface area (Å²) < 4.78 is 1.87. The van der Waals surface area contributed by atoms with Gasteiger partial charge in [-0.3, -0.25) is 20.4 Å². The molecule has 0 aliphatic heterocycles. The summed E-state index contributed by atoms with van der Waals surface area (Å²) in [5, 5.41) is 7.74. The third-order valence-electron chi connectivity index (χ3n) is 5.78. The molecule has 0 radical (unpaired) electrons. The first-order valence-corrected chi connectivity index (χ1v) is 11.1. The molecule has 1 heterocycles. The van der Waals surface area contributed by atoms with Crippen LogP contribution in [0.3, 0.4) is 0 Å². The van der Waals surface area contributed by atoms with Gasteiger partial charge in [-0.05, 0) is 63.3 Å². The van der Waals surface area contributed by atoms with Crippen LogP contribution in [0.1, 0.15) is 52.1 Å². The molecule has 2 aromatic carbocycles. The number of hydrogen-bond donors (Lipinski definition) is 3. The Labute approximate surface area is 188 Å². The average molecular weight is 432 g/mol. The summed E-state index contributed by atoms with van der Waals surface area (Å²) in [7, 11) is 0. The Morgan fingerprint density at radius 2 is 1.75 bits per heavy atom. The highest BCUT2D eigenvalue weighted by Crippen LogP contribution is 2.26. The molecule has 0 unspecified atom stereocenters. The van der Waals surface area contributed by atoms with Gasteiger partial charge in [0.15, 0.2) is 5.69 Å². The van der Waals surface area contributed by atoms with Crippen LogP contribution in [0.4, 0.5) is 5.69 Å². The van der Waals surface area contributed by atoms with Crippen molar-refractivity contribution in [2.45, 2.75) is 46.0 Å². The Kier molecular flexibility index (Phi) is 6.54. The van der Waals surface area contributed by atoms with E-state index in [1.807, 2.05) is 61.0 Å². The molecule has 0 spiro atoms. The summed E-state index contributed by atoms with van der Waals surface area (Å²) in [5.74, 6) is -0.718. The second-order valence-corrected chi connectivity index (χ2v) is 8.26. The molecule has 0 bridgehead atoms. The van der Waals surface area contributed by atoms with Crippen molar-refractivity contribution in [1.29, 1.82) is 0 Å².